The van der Waals surface area contributed by atoms with Crippen LogP contribution in [-0.2, 0) is 19.1 Å². The Morgan fingerprint density at radius 2 is 1.85 bits per heavy atom. The number of esters is 2. The molecule has 1 saturated carbocycles. The predicted molar refractivity (Wildman–Crippen MR) is 99.7 cm³/mol. The third kappa shape index (κ3) is 2.53. The zero-order chi connectivity index (χ0) is 18.9. The maximum Gasteiger partial charge on any atom is 0.309 e. The molecule has 0 N–H and O–H groups in total. The van der Waals surface area contributed by atoms with Crippen molar-refractivity contribution >= 4 is 11.9 Å². The van der Waals surface area contributed by atoms with Gasteiger partial charge in [-0.3, -0.25) is 14.5 Å². The van der Waals surface area contributed by atoms with E-state index in [-0.39, 0.29) is 36.0 Å². The van der Waals surface area contributed by atoms with Gasteiger partial charge in [-0.1, -0.05) is 27.2 Å². The molecule has 0 aromatic heterocycles. The van der Waals surface area contributed by atoms with Crippen molar-refractivity contribution in [1.82, 2.24) is 4.90 Å². The van der Waals surface area contributed by atoms with E-state index < -0.39 is 0 Å². The maximum atomic E-state index is 12.5. The highest BCUT2D eigenvalue weighted by Gasteiger charge is 2.63. The van der Waals surface area contributed by atoms with Gasteiger partial charge in [0.15, 0.2) is 0 Å². The molecule has 1 aliphatic carbocycles. The van der Waals surface area contributed by atoms with Crippen molar-refractivity contribution in [3.8, 4) is 0 Å². The third-order valence-electron chi connectivity index (χ3n) is 8.61. The van der Waals surface area contributed by atoms with Crippen LogP contribution in [0.2, 0.25) is 0 Å². The largest absolute Gasteiger partial charge is 0.462 e. The second-order valence-electron chi connectivity index (χ2n) is 9.81. The molecule has 2 unspecified atom stereocenters. The van der Waals surface area contributed by atoms with Gasteiger partial charge in [0, 0.05) is 23.9 Å². The summed E-state index contributed by atoms with van der Waals surface area (Å²) in [4.78, 5) is 27.3. The van der Waals surface area contributed by atoms with Gasteiger partial charge in [-0.05, 0) is 50.5 Å². The summed E-state index contributed by atoms with van der Waals surface area (Å²) in [5, 5.41) is 0. The van der Waals surface area contributed by atoms with E-state index in [4.69, 9.17) is 9.47 Å². The van der Waals surface area contributed by atoms with Crippen molar-refractivity contribution in [2.45, 2.75) is 83.6 Å². The Morgan fingerprint density at radius 3 is 2.56 bits per heavy atom. The van der Waals surface area contributed by atoms with Crippen molar-refractivity contribution in [2.75, 3.05) is 6.54 Å². The van der Waals surface area contributed by atoms with Gasteiger partial charge in [-0.15, -0.1) is 0 Å². The molecule has 150 valence electrons. The number of carbonyl (C=O) groups excluding carboxylic acids is 2. The third-order valence-corrected chi connectivity index (χ3v) is 8.61. The Bertz CT molecular complexity index is 636. The van der Waals surface area contributed by atoms with Crippen LogP contribution >= 0.6 is 0 Å². The number of hydrogen-bond donors (Lipinski definition) is 0. The number of carbonyl (C=O) groups is 2. The number of fused-ring (bicyclic) bond motifs is 2. The summed E-state index contributed by atoms with van der Waals surface area (Å²) in [6, 6.07) is 0.865. The van der Waals surface area contributed by atoms with Crippen molar-refractivity contribution in [1.29, 1.82) is 0 Å². The minimum Gasteiger partial charge on any atom is -0.462 e. The molecule has 0 bridgehead atoms. The first-order chi connectivity index (χ1) is 13.0. The number of cyclic esters (lactones) is 1. The smallest absolute Gasteiger partial charge is 0.309 e. The molecule has 0 aromatic carbocycles. The van der Waals surface area contributed by atoms with Gasteiger partial charge in [0.25, 0.3) is 0 Å². The van der Waals surface area contributed by atoms with Crippen LogP contribution in [0.4, 0.5) is 0 Å². The van der Waals surface area contributed by atoms with Crippen LogP contribution in [0, 0.1) is 35.5 Å². The number of rotatable bonds is 2. The minimum atomic E-state index is -0.0294. The van der Waals surface area contributed by atoms with Crippen molar-refractivity contribution in [3.05, 3.63) is 0 Å². The fraction of sp³-hybridized carbons (Fsp3) is 0.909. The molecule has 0 aromatic rings. The van der Waals surface area contributed by atoms with Crippen LogP contribution in [0.1, 0.15) is 59.3 Å². The Balaban J connectivity index is 1.51. The standard InChI is InChI=1S/C22H33NO4/c1-4-13-14-7-5-6-8-23-16(17-9-11(2)21(24)26-17)10-15(19(14)23)18-12(3)22(25)27-20(13)18/h11-20H,4-10H2,1-3H3/t11-,12-,13+,14+,15+,16-,17?,18?,19+,20-/m0/s1. The molecule has 10 atom stereocenters. The number of ether oxygens (including phenoxy) is 2. The minimum absolute atomic E-state index is 0.00362. The average Bonchev–Trinajstić information content (AvgIpc) is 3.20. The van der Waals surface area contributed by atoms with Gasteiger partial charge in [0.2, 0.25) is 0 Å². The zero-order valence-electron chi connectivity index (χ0n) is 16.8. The van der Waals surface area contributed by atoms with Gasteiger partial charge in [-0.25, -0.2) is 0 Å². The van der Waals surface area contributed by atoms with Crippen LogP contribution in [0.3, 0.4) is 0 Å². The summed E-state index contributed by atoms with van der Waals surface area (Å²) >= 11 is 0. The molecule has 4 saturated heterocycles. The summed E-state index contributed by atoms with van der Waals surface area (Å²) in [5.41, 5.74) is 0. The average molecular weight is 376 g/mol. The Morgan fingerprint density at radius 1 is 1.04 bits per heavy atom. The SMILES string of the molecule is CC[C@@H]1[C@H]2CCCCN3[C@H]2[C@H](C[C@H]3C2C[C@H](C)C(=O)O2)C2[C@H](C)C(=O)O[C@H]21. The first-order valence-electron chi connectivity index (χ1n) is 11.2. The van der Waals surface area contributed by atoms with E-state index in [9.17, 15) is 9.59 Å². The second kappa shape index (κ2) is 6.47. The fourth-order valence-electron chi connectivity index (χ4n) is 7.48. The molecule has 5 aliphatic rings. The Hall–Kier alpha value is -1.10. The molecule has 4 aliphatic heterocycles. The van der Waals surface area contributed by atoms with Crippen LogP contribution in [-0.4, -0.2) is 47.7 Å². The zero-order valence-corrected chi connectivity index (χ0v) is 16.8. The molecule has 5 nitrogen and oxygen atoms in total. The summed E-state index contributed by atoms with van der Waals surface area (Å²) in [6.45, 7) is 7.44. The van der Waals surface area contributed by atoms with E-state index in [1.54, 1.807) is 0 Å². The van der Waals surface area contributed by atoms with E-state index in [2.05, 4.69) is 18.7 Å². The van der Waals surface area contributed by atoms with E-state index in [0.29, 0.717) is 35.8 Å². The first kappa shape index (κ1) is 18.0. The van der Waals surface area contributed by atoms with Gasteiger partial charge in [0.05, 0.1) is 11.8 Å². The summed E-state index contributed by atoms with van der Waals surface area (Å²) in [7, 11) is 0. The molecule has 4 heterocycles. The van der Waals surface area contributed by atoms with Gasteiger partial charge < -0.3 is 9.47 Å². The summed E-state index contributed by atoms with van der Waals surface area (Å²) in [5.74, 6) is 1.94. The van der Waals surface area contributed by atoms with Gasteiger partial charge in [-0.2, -0.15) is 0 Å². The summed E-state index contributed by atoms with van der Waals surface area (Å²) < 4.78 is 11.8. The van der Waals surface area contributed by atoms with Crippen molar-refractivity contribution in [3.63, 3.8) is 0 Å². The predicted octanol–water partition coefficient (Wildman–Crippen LogP) is 3.01. The molecule has 0 amide bonds. The molecule has 0 spiro atoms. The highest BCUT2D eigenvalue weighted by molar-refractivity contribution is 5.75. The summed E-state index contributed by atoms with van der Waals surface area (Å²) in [6.07, 6.45) is 6.87. The van der Waals surface area contributed by atoms with Crippen molar-refractivity contribution < 1.29 is 19.1 Å². The van der Waals surface area contributed by atoms with Crippen LogP contribution in [0.5, 0.6) is 0 Å². The molecule has 0 radical (unpaired) electrons. The van der Waals surface area contributed by atoms with E-state index >= 15 is 0 Å². The molecule has 5 rings (SSSR count). The van der Waals surface area contributed by atoms with Crippen molar-refractivity contribution in [2.24, 2.45) is 35.5 Å². The number of nitrogens with zero attached hydrogens (tertiary/aromatic N) is 1. The van der Waals surface area contributed by atoms with Gasteiger partial charge >= 0.3 is 11.9 Å². The van der Waals surface area contributed by atoms with Gasteiger partial charge in [0.1, 0.15) is 12.2 Å². The first-order valence-corrected chi connectivity index (χ1v) is 11.2. The molecular formula is C22H33NO4. The highest BCUT2D eigenvalue weighted by Crippen LogP contribution is 2.57. The van der Waals surface area contributed by atoms with Crippen LogP contribution in [0.25, 0.3) is 0 Å². The molecule has 5 heteroatoms. The fourth-order valence-corrected chi connectivity index (χ4v) is 7.48. The molecule has 27 heavy (non-hydrogen) atoms. The Labute approximate surface area is 162 Å². The van der Waals surface area contributed by atoms with E-state index in [1.165, 1.54) is 19.3 Å². The molecular weight excluding hydrogens is 342 g/mol. The topological polar surface area (TPSA) is 55.8 Å². The lowest BCUT2D eigenvalue weighted by atomic mass is 9.60. The Kier molecular flexibility index (Phi) is 4.30. The van der Waals surface area contributed by atoms with E-state index in [1.807, 2.05) is 6.92 Å². The molecule has 5 fully saturated rings. The lowest BCUT2D eigenvalue weighted by Crippen LogP contribution is -2.54. The highest BCUT2D eigenvalue weighted by atomic mass is 16.6. The lowest BCUT2D eigenvalue weighted by molar-refractivity contribution is -0.148. The normalized spacial score (nSPS) is 52.1. The maximum absolute atomic E-state index is 12.5. The van der Waals surface area contributed by atoms with Crippen LogP contribution in [0.15, 0.2) is 0 Å². The second-order valence-corrected chi connectivity index (χ2v) is 9.81. The number of hydrogen-bond acceptors (Lipinski definition) is 5. The van der Waals surface area contributed by atoms with E-state index in [0.717, 1.165) is 25.8 Å². The lowest BCUT2D eigenvalue weighted by Gasteiger charge is -2.48. The quantitative estimate of drug-likeness (QED) is 0.695. The monoisotopic (exact) mass is 375 g/mol. The van der Waals surface area contributed by atoms with Crippen LogP contribution < -0.4 is 0 Å².